The van der Waals surface area contributed by atoms with E-state index in [0.717, 1.165) is 22.3 Å². The zero-order valence-electron chi connectivity index (χ0n) is 18.7. The lowest BCUT2D eigenvalue weighted by Gasteiger charge is -2.36. The van der Waals surface area contributed by atoms with E-state index in [4.69, 9.17) is 11.6 Å². The summed E-state index contributed by atoms with van der Waals surface area (Å²) in [5.74, 6) is -2.29. The second-order valence-corrected chi connectivity index (χ2v) is 10.3. The number of nitrogens with one attached hydrogen (secondary N) is 1. The highest BCUT2D eigenvalue weighted by atomic mass is 35.5. The lowest BCUT2D eigenvalue weighted by atomic mass is 9.75. The molecular weight excluding hydrogens is 438 g/mol. The molecule has 1 N–H and O–H groups in total. The van der Waals surface area contributed by atoms with Crippen LogP contribution in [0.2, 0.25) is 5.02 Å². The average Bonchev–Trinajstić information content (AvgIpc) is 3.37. The summed E-state index contributed by atoms with van der Waals surface area (Å²) in [5, 5.41) is 3.39. The summed E-state index contributed by atoms with van der Waals surface area (Å²) < 4.78 is 0. The molecule has 4 atom stereocenters. The molecule has 168 valence electrons. The molecule has 0 aliphatic carbocycles. The molecule has 3 fully saturated rings. The molecule has 0 saturated carbocycles. The lowest BCUT2D eigenvalue weighted by Crippen LogP contribution is -2.54. The Bertz CT molecular complexity index is 1300. The molecular formula is C26H24ClN3O3. The van der Waals surface area contributed by atoms with Gasteiger partial charge in [-0.15, -0.1) is 0 Å². The van der Waals surface area contributed by atoms with Gasteiger partial charge in [-0.2, -0.15) is 0 Å². The Morgan fingerprint density at radius 2 is 1.67 bits per heavy atom. The van der Waals surface area contributed by atoms with Crippen LogP contribution in [-0.2, 0) is 19.9 Å². The first kappa shape index (κ1) is 20.6. The third-order valence-corrected chi connectivity index (χ3v) is 7.95. The van der Waals surface area contributed by atoms with Crippen molar-refractivity contribution >= 4 is 40.7 Å². The first-order chi connectivity index (χ1) is 15.6. The molecule has 0 bridgehead atoms. The van der Waals surface area contributed by atoms with Gasteiger partial charge in [0, 0.05) is 18.2 Å². The molecule has 2 aromatic rings. The van der Waals surface area contributed by atoms with Crippen LogP contribution in [0.25, 0.3) is 0 Å². The van der Waals surface area contributed by atoms with Crippen LogP contribution in [0.4, 0.5) is 11.4 Å². The van der Waals surface area contributed by atoms with Crippen LogP contribution < -0.4 is 10.2 Å². The van der Waals surface area contributed by atoms with Gasteiger partial charge < -0.3 is 5.32 Å². The number of rotatable bonds is 1. The van der Waals surface area contributed by atoms with Crippen molar-refractivity contribution in [1.82, 2.24) is 4.90 Å². The minimum atomic E-state index is -1.28. The summed E-state index contributed by atoms with van der Waals surface area (Å²) in [6, 6.07) is 9.18. The monoisotopic (exact) mass is 461 g/mol. The number of fused-ring (bicyclic) bond motifs is 7. The van der Waals surface area contributed by atoms with E-state index in [1.165, 1.54) is 4.90 Å². The third kappa shape index (κ3) is 2.45. The maximum absolute atomic E-state index is 14.1. The number of amides is 3. The fourth-order valence-electron chi connectivity index (χ4n) is 6.66. The number of imide groups is 1. The third-order valence-electron chi connectivity index (χ3n) is 7.66. The highest BCUT2D eigenvalue weighted by Gasteiger charge is 2.75. The van der Waals surface area contributed by atoms with Crippen LogP contribution in [0, 0.1) is 32.6 Å². The molecule has 4 unspecified atom stereocenters. The van der Waals surface area contributed by atoms with Crippen molar-refractivity contribution < 1.29 is 14.4 Å². The van der Waals surface area contributed by atoms with Gasteiger partial charge in [-0.05, 0) is 62.1 Å². The highest BCUT2D eigenvalue weighted by Crippen LogP contribution is 2.62. The van der Waals surface area contributed by atoms with Gasteiger partial charge >= 0.3 is 0 Å². The predicted molar refractivity (Wildman–Crippen MR) is 126 cm³/mol. The van der Waals surface area contributed by atoms with Crippen LogP contribution in [0.5, 0.6) is 0 Å². The maximum Gasteiger partial charge on any atom is 0.250 e. The number of nitrogens with zero attached hydrogens (tertiary/aromatic N) is 2. The summed E-state index contributed by atoms with van der Waals surface area (Å²) in [6.45, 7) is 10.4. The first-order valence-electron chi connectivity index (χ1n) is 11.2. The van der Waals surface area contributed by atoms with Gasteiger partial charge in [0.15, 0.2) is 0 Å². The Morgan fingerprint density at radius 3 is 2.36 bits per heavy atom. The van der Waals surface area contributed by atoms with Crippen molar-refractivity contribution in [1.29, 1.82) is 0 Å². The molecule has 4 aliphatic heterocycles. The summed E-state index contributed by atoms with van der Waals surface area (Å²) in [4.78, 5) is 45.0. The molecule has 0 aromatic heterocycles. The summed E-state index contributed by atoms with van der Waals surface area (Å²) in [6.07, 6.45) is 0.588. The Morgan fingerprint density at radius 1 is 1.00 bits per heavy atom. The second-order valence-electron chi connectivity index (χ2n) is 9.90. The first-order valence-corrected chi connectivity index (χ1v) is 11.5. The normalized spacial score (nSPS) is 30.3. The summed E-state index contributed by atoms with van der Waals surface area (Å²) in [5.41, 5.74) is 4.32. The number of carbonyl (C=O) groups excluding carboxylic acids is 3. The zero-order valence-corrected chi connectivity index (χ0v) is 19.5. The minimum Gasteiger partial charge on any atom is -0.323 e. The van der Waals surface area contributed by atoms with Gasteiger partial charge in [-0.1, -0.05) is 35.9 Å². The SMILES string of the molecule is C=C1CC2C3C(=O)N(c4cc(C)cc(C)c4)C(=O)C3C3(C(=O)Nc4c(Cl)cc(C)cc43)N2C1. The molecule has 2 aromatic carbocycles. The number of carbonyl (C=O) groups is 3. The average molecular weight is 462 g/mol. The van der Waals surface area contributed by atoms with Crippen molar-refractivity contribution in [3.63, 3.8) is 0 Å². The molecule has 3 amide bonds. The fraction of sp³-hybridized carbons (Fsp3) is 0.346. The Balaban J connectivity index is 1.59. The van der Waals surface area contributed by atoms with Crippen LogP contribution in [-0.4, -0.2) is 35.2 Å². The highest BCUT2D eigenvalue weighted by molar-refractivity contribution is 6.35. The van der Waals surface area contributed by atoms with Gasteiger partial charge in [0.25, 0.3) is 5.91 Å². The fourth-order valence-corrected chi connectivity index (χ4v) is 6.98. The smallest absolute Gasteiger partial charge is 0.250 e. The predicted octanol–water partition coefficient (Wildman–Crippen LogP) is 3.86. The van der Waals surface area contributed by atoms with E-state index in [-0.39, 0.29) is 23.8 Å². The van der Waals surface area contributed by atoms with Gasteiger partial charge in [0.05, 0.1) is 28.2 Å². The zero-order chi connectivity index (χ0) is 23.4. The quantitative estimate of drug-likeness (QED) is 0.517. The molecule has 33 heavy (non-hydrogen) atoms. The number of benzene rings is 2. The van der Waals surface area contributed by atoms with E-state index >= 15 is 0 Å². The molecule has 7 heteroatoms. The molecule has 3 saturated heterocycles. The number of anilines is 2. The van der Waals surface area contributed by atoms with E-state index in [2.05, 4.69) is 11.9 Å². The van der Waals surface area contributed by atoms with E-state index in [9.17, 15) is 14.4 Å². The van der Waals surface area contributed by atoms with Crippen molar-refractivity contribution in [2.24, 2.45) is 11.8 Å². The van der Waals surface area contributed by atoms with Gasteiger partial charge in [0.1, 0.15) is 5.54 Å². The number of hydrogen-bond acceptors (Lipinski definition) is 4. The molecule has 1 spiro atoms. The molecule has 6 rings (SSSR count). The standard InChI is InChI=1S/C26H24ClN3O3/c1-12-5-13(2)7-16(6-12)30-23(31)20-19-10-15(4)11-29(19)26(21(20)24(30)32)17-8-14(3)9-18(27)22(17)28-25(26)33/h5-9,19-21H,4,10-11H2,1-3H3,(H,28,33). The van der Waals surface area contributed by atoms with Crippen LogP contribution in [0.15, 0.2) is 42.5 Å². The largest absolute Gasteiger partial charge is 0.323 e. The van der Waals surface area contributed by atoms with Crippen molar-refractivity contribution in [2.75, 3.05) is 16.8 Å². The van der Waals surface area contributed by atoms with Crippen LogP contribution in [0.1, 0.15) is 28.7 Å². The van der Waals surface area contributed by atoms with Gasteiger partial charge in [-0.3, -0.25) is 19.3 Å². The van der Waals surface area contributed by atoms with Gasteiger partial charge in [0.2, 0.25) is 11.8 Å². The minimum absolute atomic E-state index is 0.239. The number of halogens is 1. The molecule has 4 aliphatic rings. The number of aryl methyl sites for hydroxylation is 3. The second kappa shape index (κ2) is 6.55. The Labute approximate surface area is 197 Å². The van der Waals surface area contributed by atoms with E-state index in [1.807, 2.05) is 49.9 Å². The topological polar surface area (TPSA) is 69.7 Å². The maximum atomic E-state index is 14.1. The molecule has 6 nitrogen and oxygen atoms in total. The Kier molecular flexibility index (Phi) is 4.10. The van der Waals surface area contributed by atoms with E-state index in [1.54, 1.807) is 6.07 Å². The lowest BCUT2D eigenvalue weighted by molar-refractivity contribution is -0.135. The van der Waals surface area contributed by atoms with Crippen molar-refractivity contribution in [3.8, 4) is 0 Å². The van der Waals surface area contributed by atoms with E-state index in [0.29, 0.717) is 34.9 Å². The van der Waals surface area contributed by atoms with Crippen molar-refractivity contribution in [2.45, 2.75) is 38.8 Å². The van der Waals surface area contributed by atoms with E-state index < -0.39 is 17.4 Å². The van der Waals surface area contributed by atoms with Gasteiger partial charge in [-0.25, -0.2) is 4.90 Å². The summed E-state index contributed by atoms with van der Waals surface area (Å²) in [7, 11) is 0. The number of hydrogen-bond donors (Lipinski definition) is 1. The molecule has 4 heterocycles. The van der Waals surface area contributed by atoms with Crippen LogP contribution in [0.3, 0.4) is 0 Å². The summed E-state index contributed by atoms with van der Waals surface area (Å²) >= 11 is 6.53. The van der Waals surface area contributed by atoms with Crippen LogP contribution >= 0.6 is 11.6 Å². The molecule has 0 radical (unpaired) electrons. The Hall–Kier alpha value is -2.96. The van der Waals surface area contributed by atoms with Crippen molar-refractivity contribution in [3.05, 3.63) is 69.8 Å².